The first-order valence-corrected chi connectivity index (χ1v) is 4.93. The van der Waals surface area contributed by atoms with E-state index in [4.69, 9.17) is 6.42 Å². The lowest BCUT2D eigenvalue weighted by Crippen LogP contribution is -2.20. The predicted molar refractivity (Wildman–Crippen MR) is 66.0 cm³/mol. The molecule has 0 aromatic carbocycles. The Bertz CT molecular complexity index is 279. The number of nitrogens with one attached hydrogen (secondary N) is 1. The van der Waals surface area contributed by atoms with Crippen molar-refractivity contribution in [3.63, 3.8) is 0 Å². The Kier molecular flexibility index (Phi) is 12.8. The number of hydrogen-bond acceptors (Lipinski definition) is 1. The van der Waals surface area contributed by atoms with Crippen molar-refractivity contribution in [2.75, 3.05) is 0 Å². The van der Waals surface area contributed by atoms with Crippen LogP contribution in [0, 0.1) is 12.3 Å². The van der Waals surface area contributed by atoms with Crippen LogP contribution in [0.3, 0.4) is 0 Å². The van der Waals surface area contributed by atoms with E-state index in [0.717, 1.165) is 5.70 Å². The number of carbonyl (C=O) groups is 1. The number of allylic oxidation sites excluding steroid dienone is 4. The molecule has 0 aliphatic rings. The SMILES string of the molecule is C#CCC(=O)NC(/C=C\C=C)=C/C.CC. The van der Waals surface area contributed by atoms with Crippen LogP contribution in [0.5, 0.6) is 0 Å². The summed E-state index contributed by atoms with van der Waals surface area (Å²) in [6.45, 7) is 9.36. The van der Waals surface area contributed by atoms with Crippen molar-refractivity contribution in [2.45, 2.75) is 27.2 Å². The summed E-state index contributed by atoms with van der Waals surface area (Å²) >= 11 is 0. The summed E-state index contributed by atoms with van der Waals surface area (Å²) in [5.74, 6) is 2.09. The van der Waals surface area contributed by atoms with E-state index >= 15 is 0 Å². The van der Waals surface area contributed by atoms with Gasteiger partial charge in [0.15, 0.2) is 0 Å². The Balaban J connectivity index is 0. The van der Waals surface area contributed by atoms with Gasteiger partial charge in [0.2, 0.25) is 5.91 Å². The minimum absolute atomic E-state index is 0.0965. The highest BCUT2D eigenvalue weighted by atomic mass is 16.1. The van der Waals surface area contributed by atoms with Gasteiger partial charge in [-0.1, -0.05) is 44.6 Å². The van der Waals surface area contributed by atoms with Crippen LogP contribution in [-0.4, -0.2) is 5.91 Å². The zero-order chi connectivity index (χ0) is 12.1. The Hall–Kier alpha value is -1.75. The van der Waals surface area contributed by atoms with Crippen LogP contribution in [0.4, 0.5) is 0 Å². The van der Waals surface area contributed by atoms with E-state index in [1.165, 1.54) is 0 Å². The summed E-state index contributed by atoms with van der Waals surface area (Å²) in [6, 6.07) is 0. The maximum atomic E-state index is 11.0. The normalized spacial score (nSPS) is 9.87. The molecule has 0 heterocycles. The standard InChI is InChI=1S/C11H13NO.C2H6/c1-4-7-9-10(6-3)12-11(13)8-5-2;1-2/h2,4,6-7,9H,1,8H2,3H3,(H,12,13);1-2H3/b9-7-,10-6+;. The second-order valence-corrected chi connectivity index (χ2v) is 2.27. The van der Waals surface area contributed by atoms with E-state index in [0.29, 0.717) is 0 Å². The van der Waals surface area contributed by atoms with E-state index in [1.54, 1.807) is 24.3 Å². The summed E-state index contributed by atoms with van der Waals surface area (Å²) in [5.41, 5.74) is 0.722. The summed E-state index contributed by atoms with van der Waals surface area (Å²) in [5, 5.41) is 2.65. The van der Waals surface area contributed by atoms with Crippen molar-refractivity contribution < 1.29 is 4.79 Å². The lowest BCUT2D eigenvalue weighted by molar-refractivity contribution is -0.119. The predicted octanol–water partition coefficient (Wildman–Crippen LogP) is 2.80. The van der Waals surface area contributed by atoms with Crippen LogP contribution in [0.1, 0.15) is 27.2 Å². The van der Waals surface area contributed by atoms with Gasteiger partial charge in [-0.25, -0.2) is 0 Å². The van der Waals surface area contributed by atoms with Crippen LogP contribution in [0.2, 0.25) is 0 Å². The summed E-state index contributed by atoms with van der Waals surface area (Å²) < 4.78 is 0. The third kappa shape index (κ3) is 10.2. The first-order chi connectivity index (χ1) is 7.24. The van der Waals surface area contributed by atoms with Crippen LogP contribution >= 0.6 is 0 Å². The average Bonchev–Trinajstić information content (AvgIpc) is 2.27. The highest BCUT2D eigenvalue weighted by Crippen LogP contribution is 1.92. The number of hydrogen-bond donors (Lipinski definition) is 1. The van der Waals surface area contributed by atoms with Gasteiger partial charge in [-0.2, -0.15) is 0 Å². The number of rotatable bonds is 4. The molecule has 0 atom stereocenters. The van der Waals surface area contributed by atoms with Crippen LogP contribution in [0.15, 0.2) is 36.6 Å². The largest absolute Gasteiger partial charge is 0.326 e. The minimum atomic E-state index is -0.177. The summed E-state index contributed by atoms with van der Waals surface area (Å²) in [7, 11) is 0. The highest BCUT2D eigenvalue weighted by Gasteiger charge is 1.97. The number of amides is 1. The smallest absolute Gasteiger partial charge is 0.236 e. The van der Waals surface area contributed by atoms with E-state index in [-0.39, 0.29) is 12.3 Å². The van der Waals surface area contributed by atoms with Gasteiger partial charge in [-0.3, -0.25) is 4.79 Å². The fourth-order valence-electron chi connectivity index (χ4n) is 0.680. The molecule has 0 spiro atoms. The maximum absolute atomic E-state index is 11.0. The zero-order valence-electron chi connectivity index (χ0n) is 9.71. The van der Waals surface area contributed by atoms with Crippen molar-refractivity contribution in [3.05, 3.63) is 36.6 Å². The molecule has 1 amide bonds. The molecule has 0 aliphatic carbocycles. The molecule has 0 rings (SSSR count). The molecule has 0 unspecified atom stereocenters. The lowest BCUT2D eigenvalue weighted by Gasteiger charge is -2.01. The Labute approximate surface area is 92.8 Å². The molecular weight excluding hydrogens is 186 g/mol. The second kappa shape index (κ2) is 12.2. The van der Waals surface area contributed by atoms with E-state index in [9.17, 15) is 4.79 Å². The van der Waals surface area contributed by atoms with Gasteiger partial charge >= 0.3 is 0 Å². The molecule has 2 heteroatoms. The van der Waals surface area contributed by atoms with Gasteiger partial charge in [-0.05, 0) is 13.0 Å². The minimum Gasteiger partial charge on any atom is -0.326 e. The first-order valence-electron chi connectivity index (χ1n) is 4.93. The van der Waals surface area contributed by atoms with Crippen LogP contribution in [0.25, 0.3) is 0 Å². The van der Waals surface area contributed by atoms with Gasteiger partial charge in [0, 0.05) is 5.70 Å². The molecule has 0 saturated carbocycles. The molecule has 2 nitrogen and oxygen atoms in total. The summed E-state index contributed by atoms with van der Waals surface area (Å²) in [4.78, 5) is 11.0. The average molecular weight is 205 g/mol. The molecule has 0 fully saturated rings. The van der Waals surface area contributed by atoms with Gasteiger partial charge in [0.25, 0.3) is 0 Å². The topological polar surface area (TPSA) is 29.1 Å². The molecule has 15 heavy (non-hydrogen) atoms. The molecule has 0 saturated heterocycles. The quantitative estimate of drug-likeness (QED) is 0.555. The fraction of sp³-hybridized carbons (Fsp3) is 0.308. The maximum Gasteiger partial charge on any atom is 0.236 e. The lowest BCUT2D eigenvalue weighted by atomic mass is 10.3. The number of carbonyl (C=O) groups excluding carboxylic acids is 1. The molecule has 0 aliphatic heterocycles. The third-order valence-corrected chi connectivity index (χ3v) is 1.27. The van der Waals surface area contributed by atoms with Crippen LogP contribution in [-0.2, 0) is 4.79 Å². The van der Waals surface area contributed by atoms with Crippen molar-refractivity contribution in [1.82, 2.24) is 5.32 Å². The Morgan fingerprint density at radius 1 is 1.53 bits per heavy atom. The van der Waals surface area contributed by atoms with Gasteiger partial charge in [0.1, 0.15) is 0 Å². The summed E-state index contributed by atoms with van der Waals surface area (Å²) in [6.07, 6.45) is 12.0. The zero-order valence-corrected chi connectivity index (χ0v) is 9.71. The first kappa shape index (κ1) is 15.7. The van der Waals surface area contributed by atoms with Crippen LogP contribution < -0.4 is 5.32 Å². The van der Waals surface area contributed by atoms with Crippen molar-refractivity contribution in [3.8, 4) is 12.3 Å². The van der Waals surface area contributed by atoms with Crippen molar-refractivity contribution >= 4 is 5.91 Å². The third-order valence-electron chi connectivity index (χ3n) is 1.27. The molecule has 0 radical (unpaired) electrons. The number of terminal acetylenes is 1. The molecule has 0 aromatic rings. The monoisotopic (exact) mass is 205 g/mol. The Morgan fingerprint density at radius 3 is 2.53 bits per heavy atom. The molecule has 0 aromatic heterocycles. The molecule has 1 N–H and O–H groups in total. The second-order valence-electron chi connectivity index (χ2n) is 2.27. The van der Waals surface area contributed by atoms with Crippen molar-refractivity contribution in [2.24, 2.45) is 0 Å². The van der Waals surface area contributed by atoms with E-state index in [2.05, 4.69) is 17.8 Å². The fourth-order valence-corrected chi connectivity index (χ4v) is 0.680. The molecular formula is C13H19NO. The van der Waals surface area contributed by atoms with Gasteiger partial charge in [0.05, 0.1) is 6.42 Å². The highest BCUT2D eigenvalue weighted by molar-refractivity contribution is 5.80. The molecule has 0 bridgehead atoms. The van der Waals surface area contributed by atoms with Gasteiger partial charge < -0.3 is 5.32 Å². The van der Waals surface area contributed by atoms with Gasteiger partial charge in [-0.15, -0.1) is 6.42 Å². The molecule has 82 valence electrons. The van der Waals surface area contributed by atoms with Crippen molar-refractivity contribution in [1.29, 1.82) is 0 Å². The Morgan fingerprint density at radius 2 is 2.13 bits per heavy atom. The van der Waals surface area contributed by atoms with E-state index in [1.807, 2.05) is 20.8 Å². The van der Waals surface area contributed by atoms with E-state index < -0.39 is 0 Å².